The SMILES string of the molecule is O=C1CC(c2cccc(Oc3ccccc3)c2)C1. The number of hydrogen-bond donors (Lipinski definition) is 0. The second-order valence-corrected chi connectivity index (χ2v) is 4.63. The third-order valence-electron chi connectivity index (χ3n) is 3.26. The van der Waals surface area contributed by atoms with Gasteiger partial charge in [0.25, 0.3) is 0 Å². The molecule has 0 N–H and O–H groups in total. The predicted molar refractivity (Wildman–Crippen MR) is 69.9 cm³/mol. The Balaban J connectivity index is 1.77. The normalized spacial score (nSPS) is 15.2. The minimum Gasteiger partial charge on any atom is -0.457 e. The Morgan fingerprint density at radius 1 is 0.889 bits per heavy atom. The van der Waals surface area contributed by atoms with E-state index in [1.807, 2.05) is 48.5 Å². The van der Waals surface area contributed by atoms with Gasteiger partial charge in [0.1, 0.15) is 17.3 Å². The summed E-state index contributed by atoms with van der Waals surface area (Å²) >= 11 is 0. The standard InChI is InChI=1S/C16H14O2/c17-14-9-13(10-14)12-5-4-8-16(11-12)18-15-6-2-1-3-7-15/h1-8,11,13H,9-10H2. The predicted octanol–water partition coefficient (Wildman–Crippen LogP) is 3.93. The second-order valence-electron chi connectivity index (χ2n) is 4.63. The highest BCUT2D eigenvalue weighted by molar-refractivity contribution is 5.86. The fourth-order valence-electron chi connectivity index (χ4n) is 2.18. The number of ether oxygens (including phenoxy) is 1. The zero-order valence-electron chi connectivity index (χ0n) is 10.0. The lowest BCUT2D eigenvalue weighted by Crippen LogP contribution is -2.20. The van der Waals surface area contributed by atoms with Gasteiger partial charge in [0, 0.05) is 12.8 Å². The van der Waals surface area contributed by atoms with Crippen molar-refractivity contribution in [2.45, 2.75) is 18.8 Å². The van der Waals surface area contributed by atoms with Crippen molar-refractivity contribution in [2.24, 2.45) is 0 Å². The van der Waals surface area contributed by atoms with Gasteiger partial charge in [-0.05, 0) is 35.7 Å². The molecule has 1 fully saturated rings. The fourth-order valence-corrected chi connectivity index (χ4v) is 2.18. The number of Topliss-reactive ketones (excluding diaryl/α,β-unsaturated/α-hetero) is 1. The summed E-state index contributed by atoms with van der Waals surface area (Å²) in [5.41, 5.74) is 1.20. The number of carbonyl (C=O) groups excluding carboxylic acids is 1. The Hall–Kier alpha value is -2.09. The molecular formula is C16H14O2. The molecule has 0 heterocycles. The average molecular weight is 238 g/mol. The zero-order chi connectivity index (χ0) is 12.4. The minimum atomic E-state index is 0.356. The van der Waals surface area contributed by atoms with Crippen LogP contribution in [0.15, 0.2) is 54.6 Å². The first kappa shape index (κ1) is 11.0. The van der Waals surface area contributed by atoms with Crippen molar-refractivity contribution >= 4 is 5.78 Å². The summed E-state index contributed by atoms with van der Waals surface area (Å²) in [6, 6.07) is 17.7. The van der Waals surface area contributed by atoms with Crippen molar-refractivity contribution < 1.29 is 9.53 Å². The summed E-state index contributed by atoms with van der Waals surface area (Å²) in [5.74, 6) is 2.41. The molecule has 0 spiro atoms. The monoisotopic (exact) mass is 238 g/mol. The molecule has 1 saturated carbocycles. The number of benzene rings is 2. The first-order valence-corrected chi connectivity index (χ1v) is 6.16. The highest BCUT2D eigenvalue weighted by Crippen LogP contribution is 2.35. The maximum atomic E-state index is 11.0. The Morgan fingerprint density at radius 3 is 2.33 bits per heavy atom. The summed E-state index contributed by atoms with van der Waals surface area (Å²) in [5, 5.41) is 0. The summed E-state index contributed by atoms with van der Waals surface area (Å²) in [7, 11) is 0. The summed E-state index contributed by atoms with van der Waals surface area (Å²) in [4.78, 5) is 11.0. The van der Waals surface area contributed by atoms with Crippen LogP contribution < -0.4 is 4.74 Å². The van der Waals surface area contributed by atoms with Gasteiger partial charge in [-0.15, -0.1) is 0 Å². The van der Waals surface area contributed by atoms with Crippen molar-refractivity contribution in [3.63, 3.8) is 0 Å². The van der Waals surface area contributed by atoms with Crippen LogP contribution in [0.5, 0.6) is 11.5 Å². The lowest BCUT2D eigenvalue weighted by molar-refractivity contribution is -0.124. The van der Waals surface area contributed by atoms with Crippen LogP contribution in [-0.2, 0) is 4.79 Å². The Morgan fingerprint density at radius 2 is 1.61 bits per heavy atom. The first-order valence-electron chi connectivity index (χ1n) is 6.16. The van der Waals surface area contributed by atoms with Crippen molar-refractivity contribution in [2.75, 3.05) is 0 Å². The van der Waals surface area contributed by atoms with Crippen molar-refractivity contribution in [3.05, 3.63) is 60.2 Å². The number of rotatable bonds is 3. The average Bonchev–Trinajstić information content (AvgIpc) is 2.37. The molecule has 2 aromatic rings. The molecule has 0 radical (unpaired) electrons. The molecule has 2 aromatic carbocycles. The van der Waals surface area contributed by atoms with E-state index in [2.05, 4.69) is 6.07 Å². The number of para-hydroxylation sites is 1. The van der Waals surface area contributed by atoms with E-state index in [1.54, 1.807) is 0 Å². The van der Waals surface area contributed by atoms with Gasteiger partial charge in [-0.3, -0.25) is 4.79 Å². The number of carbonyl (C=O) groups is 1. The number of ketones is 1. The minimum absolute atomic E-state index is 0.356. The summed E-state index contributed by atoms with van der Waals surface area (Å²) < 4.78 is 5.78. The van der Waals surface area contributed by atoms with Crippen LogP contribution in [0, 0.1) is 0 Å². The van der Waals surface area contributed by atoms with E-state index < -0.39 is 0 Å². The zero-order valence-corrected chi connectivity index (χ0v) is 10.0. The van der Waals surface area contributed by atoms with Crippen LogP contribution in [0.2, 0.25) is 0 Å². The molecule has 0 aliphatic heterocycles. The lowest BCUT2D eigenvalue weighted by Gasteiger charge is -2.24. The molecule has 2 heteroatoms. The van der Waals surface area contributed by atoms with Gasteiger partial charge in [0.2, 0.25) is 0 Å². The van der Waals surface area contributed by atoms with Crippen LogP contribution in [-0.4, -0.2) is 5.78 Å². The van der Waals surface area contributed by atoms with Gasteiger partial charge in [0.15, 0.2) is 0 Å². The molecular weight excluding hydrogens is 224 g/mol. The highest BCUT2D eigenvalue weighted by atomic mass is 16.5. The van der Waals surface area contributed by atoms with E-state index >= 15 is 0 Å². The molecule has 1 aliphatic rings. The van der Waals surface area contributed by atoms with Gasteiger partial charge in [-0.2, -0.15) is 0 Å². The molecule has 1 aliphatic carbocycles. The molecule has 0 bridgehead atoms. The van der Waals surface area contributed by atoms with Crippen LogP contribution in [0.1, 0.15) is 24.3 Å². The Bertz CT molecular complexity index is 552. The molecule has 0 amide bonds. The third kappa shape index (κ3) is 2.28. The third-order valence-corrected chi connectivity index (χ3v) is 3.26. The maximum absolute atomic E-state index is 11.0. The first-order chi connectivity index (χ1) is 8.81. The van der Waals surface area contributed by atoms with E-state index in [0.717, 1.165) is 11.5 Å². The van der Waals surface area contributed by atoms with Crippen molar-refractivity contribution in [1.29, 1.82) is 0 Å². The van der Waals surface area contributed by atoms with Crippen LogP contribution in [0.4, 0.5) is 0 Å². The molecule has 90 valence electrons. The molecule has 0 aromatic heterocycles. The molecule has 2 nitrogen and oxygen atoms in total. The van der Waals surface area contributed by atoms with E-state index in [4.69, 9.17) is 4.74 Å². The van der Waals surface area contributed by atoms with Gasteiger partial charge < -0.3 is 4.74 Å². The molecule has 0 saturated heterocycles. The Labute approximate surface area is 106 Å². The molecule has 18 heavy (non-hydrogen) atoms. The lowest BCUT2D eigenvalue weighted by atomic mass is 9.79. The maximum Gasteiger partial charge on any atom is 0.134 e. The summed E-state index contributed by atoms with van der Waals surface area (Å²) in [6.07, 6.45) is 1.35. The Kier molecular flexibility index (Phi) is 2.85. The quantitative estimate of drug-likeness (QED) is 0.810. The van der Waals surface area contributed by atoms with Crippen LogP contribution >= 0.6 is 0 Å². The summed E-state index contributed by atoms with van der Waals surface area (Å²) in [6.45, 7) is 0. The van der Waals surface area contributed by atoms with Gasteiger partial charge in [0.05, 0.1) is 0 Å². The van der Waals surface area contributed by atoms with E-state index in [0.29, 0.717) is 24.5 Å². The van der Waals surface area contributed by atoms with E-state index in [-0.39, 0.29) is 0 Å². The fraction of sp³-hybridized carbons (Fsp3) is 0.188. The van der Waals surface area contributed by atoms with Crippen LogP contribution in [0.25, 0.3) is 0 Å². The smallest absolute Gasteiger partial charge is 0.134 e. The van der Waals surface area contributed by atoms with Crippen molar-refractivity contribution in [1.82, 2.24) is 0 Å². The van der Waals surface area contributed by atoms with Gasteiger partial charge in [-0.1, -0.05) is 30.3 Å². The molecule has 0 unspecified atom stereocenters. The molecule has 3 rings (SSSR count). The second kappa shape index (κ2) is 4.65. The number of hydrogen-bond acceptors (Lipinski definition) is 2. The van der Waals surface area contributed by atoms with E-state index in [1.165, 1.54) is 5.56 Å². The topological polar surface area (TPSA) is 26.3 Å². The van der Waals surface area contributed by atoms with Gasteiger partial charge in [-0.25, -0.2) is 0 Å². The van der Waals surface area contributed by atoms with Crippen LogP contribution in [0.3, 0.4) is 0 Å². The van der Waals surface area contributed by atoms with Crippen molar-refractivity contribution in [3.8, 4) is 11.5 Å². The largest absolute Gasteiger partial charge is 0.457 e. The highest BCUT2D eigenvalue weighted by Gasteiger charge is 2.27. The molecule has 0 atom stereocenters. The van der Waals surface area contributed by atoms with E-state index in [9.17, 15) is 4.79 Å². The van der Waals surface area contributed by atoms with Gasteiger partial charge >= 0.3 is 0 Å².